The van der Waals surface area contributed by atoms with Crippen molar-refractivity contribution in [1.29, 1.82) is 0 Å². The number of carbonyl (C=O) groups excluding carboxylic acids is 3. The first-order valence-electron chi connectivity index (χ1n) is 12.2. The van der Waals surface area contributed by atoms with E-state index in [1.165, 1.54) is 0 Å². The second kappa shape index (κ2) is 6.99. The number of fused-ring (bicyclic) bond motifs is 3. The van der Waals surface area contributed by atoms with Crippen LogP contribution in [0.3, 0.4) is 0 Å². The van der Waals surface area contributed by atoms with Crippen molar-refractivity contribution < 1.29 is 24.2 Å². The molecule has 0 aromatic heterocycles. The minimum absolute atomic E-state index is 0.000487. The number of carbonyl (C=O) groups is 3. The number of rotatable bonds is 3. The minimum atomic E-state index is -1.11. The Morgan fingerprint density at radius 3 is 2.66 bits per heavy atom. The van der Waals surface area contributed by atoms with E-state index in [-0.39, 0.29) is 23.1 Å². The number of ketones is 2. The second-order valence-electron chi connectivity index (χ2n) is 11.1. The molecule has 172 valence electrons. The Morgan fingerprint density at radius 2 is 1.94 bits per heavy atom. The van der Waals surface area contributed by atoms with Gasteiger partial charge in [0.05, 0.1) is 17.6 Å². The van der Waals surface area contributed by atoms with Gasteiger partial charge in [0.25, 0.3) is 0 Å². The molecule has 6 atom stereocenters. The van der Waals surface area contributed by atoms with Crippen molar-refractivity contribution in [3.05, 3.63) is 34.4 Å². The molecule has 1 fully saturated rings. The molecule has 5 rings (SSSR count). The molecular weight excluding hydrogens is 404 g/mol. The fraction of sp³-hybridized carbons (Fsp3) is 0.667. The lowest BCUT2D eigenvalue weighted by molar-refractivity contribution is -0.155. The lowest BCUT2D eigenvalue weighted by Gasteiger charge is -2.53. The first kappa shape index (κ1) is 21.8. The van der Waals surface area contributed by atoms with Gasteiger partial charge in [-0.25, -0.2) is 0 Å². The van der Waals surface area contributed by atoms with Crippen molar-refractivity contribution in [1.82, 2.24) is 0 Å². The molecule has 0 bridgehead atoms. The maximum atomic E-state index is 13.5. The van der Waals surface area contributed by atoms with Crippen LogP contribution in [0.15, 0.2) is 34.4 Å². The van der Waals surface area contributed by atoms with Gasteiger partial charge in [-0.3, -0.25) is 14.4 Å². The fourth-order valence-corrected chi connectivity index (χ4v) is 7.46. The first-order chi connectivity index (χ1) is 15.1. The van der Waals surface area contributed by atoms with E-state index in [1.807, 2.05) is 13.8 Å². The van der Waals surface area contributed by atoms with Gasteiger partial charge in [-0.2, -0.15) is 0 Å². The van der Waals surface area contributed by atoms with E-state index >= 15 is 0 Å². The minimum Gasteiger partial charge on any atom is -0.462 e. The van der Waals surface area contributed by atoms with Crippen LogP contribution in [0.1, 0.15) is 79.1 Å². The third-order valence-corrected chi connectivity index (χ3v) is 9.57. The van der Waals surface area contributed by atoms with Crippen molar-refractivity contribution in [2.75, 3.05) is 0 Å². The molecule has 3 unspecified atom stereocenters. The summed E-state index contributed by atoms with van der Waals surface area (Å²) >= 11 is 0. The summed E-state index contributed by atoms with van der Waals surface area (Å²) in [6, 6.07) is 0. The number of allylic oxidation sites excluding steroid dienone is 4. The molecule has 5 aliphatic rings. The van der Waals surface area contributed by atoms with Crippen LogP contribution in [0, 0.1) is 22.2 Å². The Kier molecular flexibility index (Phi) is 4.77. The topological polar surface area (TPSA) is 80.7 Å². The van der Waals surface area contributed by atoms with Crippen LogP contribution in [-0.4, -0.2) is 34.9 Å². The zero-order valence-electron chi connectivity index (χ0n) is 19.6. The van der Waals surface area contributed by atoms with Crippen LogP contribution in [0.4, 0.5) is 0 Å². The molecule has 0 aromatic rings. The molecule has 32 heavy (non-hydrogen) atoms. The van der Waals surface area contributed by atoms with E-state index < -0.39 is 28.8 Å². The zero-order chi connectivity index (χ0) is 23.1. The second-order valence-corrected chi connectivity index (χ2v) is 11.1. The molecule has 1 saturated carbocycles. The highest BCUT2D eigenvalue weighted by molar-refractivity contribution is 5.96. The van der Waals surface area contributed by atoms with E-state index in [2.05, 4.69) is 19.9 Å². The monoisotopic (exact) mass is 438 g/mol. The van der Waals surface area contributed by atoms with Crippen LogP contribution in [0.2, 0.25) is 0 Å². The number of hydrogen-bond acceptors (Lipinski definition) is 5. The molecule has 0 amide bonds. The van der Waals surface area contributed by atoms with Crippen LogP contribution < -0.4 is 0 Å². The van der Waals surface area contributed by atoms with Crippen LogP contribution in [-0.2, 0) is 19.1 Å². The van der Waals surface area contributed by atoms with Crippen molar-refractivity contribution in [2.45, 2.75) is 91.3 Å². The van der Waals surface area contributed by atoms with Gasteiger partial charge in [-0.1, -0.05) is 32.4 Å². The highest BCUT2D eigenvalue weighted by Crippen LogP contribution is 2.70. The molecule has 5 nitrogen and oxygen atoms in total. The Labute approximate surface area is 190 Å². The third-order valence-electron chi connectivity index (χ3n) is 9.57. The molecule has 0 aromatic carbocycles. The lowest BCUT2D eigenvalue weighted by Crippen LogP contribution is -2.51. The molecule has 5 heteroatoms. The van der Waals surface area contributed by atoms with Crippen molar-refractivity contribution in [2.24, 2.45) is 22.2 Å². The van der Waals surface area contributed by atoms with Gasteiger partial charge in [0.1, 0.15) is 11.7 Å². The Bertz CT molecular complexity index is 1020. The average Bonchev–Trinajstić information content (AvgIpc) is 3.19. The highest BCUT2D eigenvalue weighted by atomic mass is 16.5. The highest BCUT2D eigenvalue weighted by Gasteiger charge is 2.66. The standard InChI is InChI=1S/C27H34O5/c1-5-15(2)32-24(31)22-21-17(26(4)12-6-16(28)14-19(26)23(22)30)8-13-27-18(21)7-10-25(27,3)11-9-20(27)29/h7,14-15,22-23,30H,5-6,8-13H2,1-4H3/t15?,22-,23+,25-,26?,27?/m0/s1. The van der Waals surface area contributed by atoms with Gasteiger partial charge in [0.15, 0.2) is 5.78 Å². The van der Waals surface area contributed by atoms with E-state index in [0.29, 0.717) is 31.3 Å². The normalized spacial score (nSPS) is 41.3. The lowest BCUT2D eigenvalue weighted by atomic mass is 9.50. The van der Waals surface area contributed by atoms with Gasteiger partial charge in [-0.15, -0.1) is 0 Å². The SMILES string of the molecule is CCC(C)OC(=O)[C@H]1C2=C(CCC34C(=O)CC[C@]3(C)CC=C24)C2(C)CCC(=O)C=C2[C@H]1O. The maximum absolute atomic E-state index is 13.5. The zero-order valence-corrected chi connectivity index (χ0v) is 19.6. The number of aliphatic hydroxyl groups is 1. The summed E-state index contributed by atoms with van der Waals surface area (Å²) in [4.78, 5) is 39.2. The van der Waals surface area contributed by atoms with Gasteiger partial charge in [0, 0.05) is 18.3 Å². The molecule has 0 aliphatic heterocycles. The molecule has 0 heterocycles. The number of hydrogen-bond donors (Lipinski definition) is 1. The van der Waals surface area contributed by atoms with Crippen LogP contribution in [0.25, 0.3) is 0 Å². The number of aliphatic hydroxyl groups excluding tert-OH is 1. The molecule has 5 aliphatic carbocycles. The number of Topliss-reactive ketones (excluding diaryl/α,β-unsaturated/α-hetero) is 1. The molecule has 0 radical (unpaired) electrons. The summed E-state index contributed by atoms with van der Waals surface area (Å²) in [6.45, 7) is 8.12. The summed E-state index contributed by atoms with van der Waals surface area (Å²) in [7, 11) is 0. The summed E-state index contributed by atoms with van der Waals surface area (Å²) in [5.74, 6) is -1.05. The molecule has 1 spiro atoms. The van der Waals surface area contributed by atoms with Gasteiger partial charge in [0.2, 0.25) is 0 Å². The average molecular weight is 439 g/mol. The van der Waals surface area contributed by atoms with Gasteiger partial charge < -0.3 is 9.84 Å². The van der Waals surface area contributed by atoms with Crippen molar-refractivity contribution in [3.8, 4) is 0 Å². The summed E-state index contributed by atoms with van der Waals surface area (Å²) in [6.07, 6.45) is 7.87. The molecule has 0 saturated heterocycles. The first-order valence-corrected chi connectivity index (χ1v) is 12.2. The van der Waals surface area contributed by atoms with Gasteiger partial charge >= 0.3 is 5.97 Å². The third kappa shape index (κ3) is 2.57. The summed E-state index contributed by atoms with van der Waals surface area (Å²) in [5, 5.41) is 11.6. The van der Waals surface area contributed by atoms with E-state index in [0.717, 1.165) is 42.4 Å². The quantitative estimate of drug-likeness (QED) is 0.661. The maximum Gasteiger partial charge on any atom is 0.316 e. The Hall–Kier alpha value is -2.01. The van der Waals surface area contributed by atoms with E-state index in [1.54, 1.807) is 6.08 Å². The van der Waals surface area contributed by atoms with Crippen molar-refractivity contribution in [3.63, 3.8) is 0 Å². The largest absolute Gasteiger partial charge is 0.462 e. The Balaban J connectivity index is 1.72. The predicted octanol–water partition coefficient (Wildman–Crippen LogP) is 4.39. The van der Waals surface area contributed by atoms with Gasteiger partial charge in [-0.05, 0) is 73.7 Å². The predicted molar refractivity (Wildman–Crippen MR) is 120 cm³/mol. The number of ether oxygens (including phenoxy) is 1. The number of esters is 1. The van der Waals surface area contributed by atoms with Crippen LogP contribution >= 0.6 is 0 Å². The Morgan fingerprint density at radius 1 is 1.19 bits per heavy atom. The fourth-order valence-electron chi connectivity index (χ4n) is 7.46. The smallest absolute Gasteiger partial charge is 0.316 e. The summed E-state index contributed by atoms with van der Waals surface area (Å²) in [5.41, 5.74) is 2.48. The van der Waals surface area contributed by atoms with E-state index in [9.17, 15) is 19.5 Å². The van der Waals surface area contributed by atoms with Crippen molar-refractivity contribution >= 4 is 17.5 Å². The molecular formula is C27H34O5. The molecule has 1 N–H and O–H groups in total. The van der Waals surface area contributed by atoms with Crippen LogP contribution in [0.5, 0.6) is 0 Å². The summed E-state index contributed by atoms with van der Waals surface area (Å²) < 4.78 is 5.75. The van der Waals surface area contributed by atoms with E-state index in [4.69, 9.17) is 4.74 Å².